The number of urea groups is 1. The molecule has 0 aliphatic carbocycles. The molecule has 0 spiro atoms. The van der Waals surface area contributed by atoms with Crippen molar-refractivity contribution >= 4 is 33.8 Å². The van der Waals surface area contributed by atoms with Crippen LogP contribution in [0.5, 0.6) is 0 Å². The summed E-state index contributed by atoms with van der Waals surface area (Å²) in [5, 5.41) is 6.47. The molecular weight excluding hydrogens is 388 g/mol. The van der Waals surface area contributed by atoms with Gasteiger partial charge in [-0.25, -0.2) is 4.79 Å². The highest BCUT2D eigenvalue weighted by Crippen LogP contribution is 2.22. The van der Waals surface area contributed by atoms with Crippen molar-refractivity contribution in [1.82, 2.24) is 21.1 Å². The molecule has 1 aromatic rings. The predicted molar refractivity (Wildman–Crippen MR) is 97.4 cm³/mol. The fourth-order valence-electron chi connectivity index (χ4n) is 2.46. The Labute approximate surface area is 155 Å². The van der Waals surface area contributed by atoms with Gasteiger partial charge in [-0.3, -0.25) is 20.3 Å². The summed E-state index contributed by atoms with van der Waals surface area (Å²) in [6.45, 7) is 7.29. The first-order chi connectivity index (χ1) is 11.6. The second-order valence-electron chi connectivity index (χ2n) is 6.78. The smallest absolute Gasteiger partial charge is 0.322 e. The van der Waals surface area contributed by atoms with Crippen LogP contribution in [0, 0.1) is 0 Å². The van der Waals surface area contributed by atoms with Crippen LogP contribution in [0.15, 0.2) is 28.7 Å². The van der Waals surface area contributed by atoms with E-state index in [0.29, 0.717) is 6.42 Å². The van der Waals surface area contributed by atoms with Crippen molar-refractivity contribution in [3.05, 3.63) is 34.3 Å². The van der Waals surface area contributed by atoms with Crippen LogP contribution in [0.4, 0.5) is 4.79 Å². The van der Waals surface area contributed by atoms with Crippen molar-refractivity contribution in [3.8, 4) is 0 Å². The number of benzene rings is 1. The summed E-state index contributed by atoms with van der Waals surface area (Å²) < 4.78 is 0.974. The number of amides is 4. The van der Waals surface area contributed by atoms with Gasteiger partial charge < -0.3 is 5.32 Å². The van der Waals surface area contributed by atoms with Gasteiger partial charge in [0, 0.05) is 10.0 Å². The number of carbonyl (C=O) groups excluding carboxylic acids is 3. The second kappa shape index (κ2) is 7.13. The lowest BCUT2D eigenvalue weighted by Crippen LogP contribution is -2.52. The zero-order valence-corrected chi connectivity index (χ0v) is 16.4. The molecule has 4 amide bonds. The van der Waals surface area contributed by atoms with E-state index in [1.165, 1.54) is 0 Å². The maximum absolute atomic E-state index is 12.3. The van der Waals surface area contributed by atoms with Gasteiger partial charge in [0.25, 0.3) is 11.8 Å². The van der Waals surface area contributed by atoms with Crippen molar-refractivity contribution in [2.45, 2.75) is 45.2 Å². The SMILES string of the molecule is CC[C@]1(C)NC(=O)N(NC(=O)CNC(C)(C)c2ccc(Br)cc2)C1=O. The normalized spacial score (nSPS) is 20.6. The Balaban J connectivity index is 1.95. The van der Waals surface area contributed by atoms with Crippen LogP contribution in [0.25, 0.3) is 0 Å². The fourth-order valence-corrected chi connectivity index (χ4v) is 2.72. The molecule has 1 aliphatic heterocycles. The van der Waals surface area contributed by atoms with Crippen molar-refractivity contribution in [2.75, 3.05) is 6.54 Å². The summed E-state index contributed by atoms with van der Waals surface area (Å²) in [5.41, 5.74) is 1.95. The van der Waals surface area contributed by atoms with E-state index in [0.717, 1.165) is 15.0 Å². The van der Waals surface area contributed by atoms with E-state index in [9.17, 15) is 14.4 Å². The third-order valence-corrected chi connectivity index (χ3v) is 4.99. The van der Waals surface area contributed by atoms with Crippen molar-refractivity contribution < 1.29 is 14.4 Å². The van der Waals surface area contributed by atoms with Crippen LogP contribution < -0.4 is 16.1 Å². The Kier molecular flexibility index (Phi) is 5.53. The van der Waals surface area contributed by atoms with Crippen molar-refractivity contribution in [1.29, 1.82) is 0 Å². The molecule has 1 fully saturated rings. The Morgan fingerprint density at radius 1 is 1.28 bits per heavy atom. The van der Waals surface area contributed by atoms with Crippen LogP contribution in [-0.2, 0) is 15.1 Å². The molecule has 7 nitrogen and oxygen atoms in total. The quantitative estimate of drug-likeness (QED) is 0.625. The zero-order valence-electron chi connectivity index (χ0n) is 14.8. The summed E-state index contributed by atoms with van der Waals surface area (Å²) in [4.78, 5) is 36.3. The Morgan fingerprint density at radius 3 is 2.40 bits per heavy atom. The number of rotatable bonds is 6. The molecule has 0 bridgehead atoms. The lowest BCUT2D eigenvalue weighted by Gasteiger charge is -2.27. The molecule has 1 aliphatic rings. The minimum absolute atomic E-state index is 0.0387. The van der Waals surface area contributed by atoms with E-state index in [4.69, 9.17) is 0 Å². The first kappa shape index (κ1) is 19.4. The molecule has 1 atom stereocenters. The number of hydrogen-bond acceptors (Lipinski definition) is 4. The van der Waals surface area contributed by atoms with E-state index in [1.807, 2.05) is 38.1 Å². The summed E-state index contributed by atoms with van der Waals surface area (Å²) in [5.74, 6) is -0.922. The standard InChI is InChI=1S/C17H23BrN4O3/c1-5-17(4)14(24)22(15(25)20-17)21-13(23)10-19-16(2,3)11-6-8-12(18)9-7-11/h6-9,19H,5,10H2,1-4H3,(H,20,25)(H,21,23)/t17-/m0/s1. The molecule has 2 rings (SSSR count). The minimum atomic E-state index is -0.978. The van der Waals surface area contributed by atoms with Gasteiger partial charge in [-0.1, -0.05) is 35.0 Å². The highest BCUT2D eigenvalue weighted by Gasteiger charge is 2.47. The molecule has 1 aromatic carbocycles. The average Bonchev–Trinajstić information content (AvgIpc) is 2.77. The average molecular weight is 411 g/mol. The van der Waals surface area contributed by atoms with E-state index < -0.39 is 28.9 Å². The van der Waals surface area contributed by atoms with Gasteiger partial charge in [0.05, 0.1) is 6.54 Å². The van der Waals surface area contributed by atoms with E-state index in [2.05, 4.69) is 32.0 Å². The first-order valence-corrected chi connectivity index (χ1v) is 8.85. The molecule has 0 unspecified atom stereocenters. The predicted octanol–water partition coefficient (Wildman–Crippen LogP) is 2.03. The molecule has 0 aromatic heterocycles. The summed E-state index contributed by atoms with van der Waals surface area (Å²) >= 11 is 3.39. The molecule has 1 saturated heterocycles. The third kappa shape index (κ3) is 4.19. The Bertz CT molecular complexity index is 690. The van der Waals surface area contributed by atoms with Crippen LogP contribution in [0.2, 0.25) is 0 Å². The minimum Gasteiger partial charge on any atom is -0.322 e. The van der Waals surface area contributed by atoms with Crippen molar-refractivity contribution in [2.24, 2.45) is 0 Å². The number of carbonyl (C=O) groups is 3. The van der Waals surface area contributed by atoms with Gasteiger partial charge in [-0.2, -0.15) is 5.01 Å². The van der Waals surface area contributed by atoms with Crippen LogP contribution in [-0.4, -0.2) is 34.9 Å². The van der Waals surface area contributed by atoms with Crippen molar-refractivity contribution in [3.63, 3.8) is 0 Å². The molecule has 136 valence electrons. The lowest BCUT2D eigenvalue weighted by atomic mass is 9.94. The monoisotopic (exact) mass is 410 g/mol. The molecule has 8 heteroatoms. The highest BCUT2D eigenvalue weighted by atomic mass is 79.9. The maximum Gasteiger partial charge on any atom is 0.344 e. The molecule has 0 saturated carbocycles. The van der Waals surface area contributed by atoms with Crippen LogP contribution in [0.3, 0.4) is 0 Å². The molecular formula is C17H23BrN4O3. The maximum atomic E-state index is 12.3. The molecule has 25 heavy (non-hydrogen) atoms. The molecule has 3 N–H and O–H groups in total. The molecule has 1 heterocycles. The number of halogens is 1. The van der Waals surface area contributed by atoms with Gasteiger partial charge >= 0.3 is 6.03 Å². The van der Waals surface area contributed by atoms with E-state index in [-0.39, 0.29) is 6.54 Å². The summed E-state index contributed by atoms with van der Waals surface area (Å²) in [7, 11) is 0. The van der Waals surface area contributed by atoms with Crippen LogP contribution in [0.1, 0.15) is 39.7 Å². The number of imide groups is 1. The van der Waals surface area contributed by atoms with Gasteiger partial charge in [-0.15, -0.1) is 0 Å². The summed E-state index contributed by atoms with van der Waals surface area (Å²) in [6.07, 6.45) is 0.443. The van der Waals surface area contributed by atoms with E-state index >= 15 is 0 Å². The number of hydrogen-bond donors (Lipinski definition) is 3. The first-order valence-electron chi connectivity index (χ1n) is 8.06. The van der Waals surface area contributed by atoms with Gasteiger partial charge in [0.15, 0.2) is 0 Å². The second-order valence-corrected chi connectivity index (χ2v) is 7.69. The highest BCUT2D eigenvalue weighted by molar-refractivity contribution is 9.10. The summed E-state index contributed by atoms with van der Waals surface area (Å²) in [6, 6.07) is 7.16. The number of nitrogens with zero attached hydrogens (tertiary/aromatic N) is 1. The van der Waals surface area contributed by atoms with E-state index in [1.54, 1.807) is 13.8 Å². The number of hydrazine groups is 1. The van der Waals surface area contributed by atoms with Gasteiger partial charge in [0.2, 0.25) is 0 Å². The Hall–Kier alpha value is -1.93. The van der Waals surface area contributed by atoms with Gasteiger partial charge in [0.1, 0.15) is 5.54 Å². The topological polar surface area (TPSA) is 90.5 Å². The third-order valence-electron chi connectivity index (χ3n) is 4.46. The lowest BCUT2D eigenvalue weighted by molar-refractivity contribution is -0.138. The Morgan fingerprint density at radius 2 is 1.88 bits per heavy atom. The number of nitrogens with one attached hydrogen (secondary N) is 3. The zero-order chi connectivity index (χ0) is 18.8. The van der Waals surface area contributed by atoms with Gasteiger partial charge in [-0.05, 0) is 44.9 Å². The largest absolute Gasteiger partial charge is 0.344 e. The fraction of sp³-hybridized carbons (Fsp3) is 0.471. The molecule has 0 radical (unpaired) electrons. The van der Waals surface area contributed by atoms with Crippen LogP contribution >= 0.6 is 15.9 Å².